The van der Waals surface area contributed by atoms with E-state index in [2.05, 4.69) is 15.9 Å². The second-order valence-electron chi connectivity index (χ2n) is 6.95. The van der Waals surface area contributed by atoms with E-state index in [1.54, 1.807) is 18.3 Å². The summed E-state index contributed by atoms with van der Waals surface area (Å²) in [6.07, 6.45) is 4.91. The number of halogens is 2. The van der Waals surface area contributed by atoms with Crippen LogP contribution in [-0.4, -0.2) is 27.3 Å². The average molecular weight is 386 g/mol. The van der Waals surface area contributed by atoms with Crippen molar-refractivity contribution in [3.63, 3.8) is 0 Å². The van der Waals surface area contributed by atoms with Gasteiger partial charge >= 0.3 is 6.61 Å². The highest BCUT2D eigenvalue weighted by atomic mass is 19.3. The van der Waals surface area contributed by atoms with E-state index in [1.807, 2.05) is 4.68 Å². The molecule has 28 heavy (non-hydrogen) atoms. The molecule has 0 radical (unpaired) electrons. The Bertz CT molecular complexity index is 997. The molecule has 2 N–H and O–H groups in total. The Labute approximate surface area is 160 Å². The van der Waals surface area contributed by atoms with Crippen molar-refractivity contribution in [3.8, 4) is 17.0 Å². The number of nitrogens with two attached hydrogens (primary N) is 1. The van der Waals surface area contributed by atoms with Gasteiger partial charge in [0.05, 0.1) is 17.4 Å². The van der Waals surface area contributed by atoms with E-state index in [9.17, 15) is 13.6 Å². The van der Waals surface area contributed by atoms with Crippen molar-refractivity contribution in [3.05, 3.63) is 42.1 Å². The number of aromatic nitrogens is 3. The second kappa shape index (κ2) is 7.53. The van der Waals surface area contributed by atoms with Gasteiger partial charge in [0.15, 0.2) is 0 Å². The van der Waals surface area contributed by atoms with Crippen molar-refractivity contribution in [2.75, 3.05) is 0 Å². The van der Waals surface area contributed by atoms with E-state index < -0.39 is 6.61 Å². The Morgan fingerprint density at radius 2 is 2.04 bits per heavy atom. The monoisotopic (exact) mass is 386 g/mol. The van der Waals surface area contributed by atoms with E-state index in [-0.39, 0.29) is 11.7 Å². The largest absolute Gasteiger partial charge is 0.435 e. The van der Waals surface area contributed by atoms with Gasteiger partial charge in [-0.05, 0) is 61.1 Å². The number of carbonyl (C=O) groups excluding carboxylic acids is 1. The Kier molecular flexibility index (Phi) is 4.93. The number of hydrogen-bond donors (Lipinski definition) is 1. The summed E-state index contributed by atoms with van der Waals surface area (Å²) in [6.45, 7) is -2.24. The molecule has 1 amide bonds. The molecule has 3 aromatic rings. The molecule has 4 rings (SSSR count). The van der Waals surface area contributed by atoms with E-state index in [0.29, 0.717) is 25.3 Å². The van der Waals surface area contributed by atoms with Crippen molar-refractivity contribution in [1.82, 2.24) is 14.8 Å². The third-order valence-corrected chi connectivity index (χ3v) is 4.81. The summed E-state index contributed by atoms with van der Waals surface area (Å²) in [5, 5.41) is 4.44. The fourth-order valence-electron chi connectivity index (χ4n) is 3.37. The zero-order valence-electron chi connectivity index (χ0n) is 15.1. The Morgan fingerprint density at radius 3 is 2.68 bits per heavy atom. The van der Waals surface area contributed by atoms with Crippen LogP contribution in [0.2, 0.25) is 0 Å². The lowest BCUT2D eigenvalue weighted by molar-refractivity contribution is -0.118. The molecular weight excluding hydrogens is 366 g/mol. The molecule has 8 heteroatoms. The van der Waals surface area contributed by atoms with Crippen LogP contribution < -0.4 is 10.5 Å². The van der Waals surface area contributed by atoms with Crippen LogP contribution in [-0.2, 0) is 11.3 Å². The minimum Gasteiger partial charge on any atom is -0.435 e. The minimum atomic E-state index is -2.85. The molecule has 2 heterocycles. The van der Waals surface area contributed by atoms with Crippen LogP contribution >= 0.6 is 0 Å². The minimum absolute atomic E-state index is 0.115. The SMILES string of the molecule is NC(=O)CCCn1ncc2nc(-c3ccc(OC(F)F)cc3)cc(C3CC3)c21. The van der Waals surface area contributed by atoms with Crippen LogP contribution in [0.4, 0.5) is 8.78 Å². The van der Waals surface area contributed by atoms with Gasteiger partial charge in [-0.3, -0.25) is 9.48 Å². The van der Waals surface area contributed by atoms with Crippen molar-refractivity contribution in [2.45, 2.75) is 44.8 Å². The first-order valence-electron chi connectivity index (χ1n) is 9.21. The molecular formula is C20H20F2N4O2. The van der Waals surface area contributed by atoms with Crippen LogP contribution in [0.5, 0.6) is 5.75 Å². The summed E-state index contributed by atoms with van der Waals surface area (Å²) < 4.78 is 31.0. The van der Waals surface area contributed by atoms with Gasteiger partial charge in [-0.25, -0.2) is 4.98 Å². The molecule has 1 aliphatic rings. The topological polar surface area (TPSA) is 83.0 Å². The number of hydrogen-bond acceptors (Lipinski definition) is 4. The first-order chi connectivity index (χ1) is 13.5. The predicted molar refractivity (Wildman–Crippen MR) is 100.0 cm³/mol. The fraction of sp³-hybridized carbons (Fsp3) is 0.350. The number of aryl methyl sites for hydroxylation is 1. The number of fused-ring (bicyclic) bond motifs is 1. The number of carbonyl (C=O) groups is 1. The van der Waals surface area contributed by atoms with Gasteiger partial charge in [-0.15, -0.1) is 0 Å². The lowest BCUT2D eigenvalue weighted by atomic mass is 10.0. The molecule has 2 aromatic heterocycles. The zero-order chi connectivity index (χ0) is 19.7. The van der Waals surface area contributed by atoms with Gasteiger partial charge in [-0.1, -0.05) is 0 Å². The van der Waals surface area contributed by atoms with Gasteiger partial charge in [0.25, 0.3) is 0 Å². The Balaban J connectivity index is 1.66. The molecule has 0 unspecified atom stereocenters. The van der Waals surface area contributed by atoms with Crippen LogP contribution in [0.1, 0.15) is 37.2 Å². The van der Waals surface area contributed by atoms with Gasteiger partial charge in [0, 0.05) is 18.5 Å². The van der Waals surface area contributed by atoms with Gasteiger partial charge in [0.1, 0.15) is 11.3 Å². The van der Waals surface area contributed by atoms with Crippen LogP contribution in [0, 0.1) is 0 Å². The molecule has 0 bridgehead atoms. The van der Waals surface area contributed by atoms with Crippen molar-refractivity contribution in [2.24, 2.45) is 5.73 Å². The van der Waals surface area contributed by atoms with Crippen LogP contribution in [0.15, 0.2) is 36.5 Å². The van der Waals surface area contributed by atoms with Crippen LogP contribution in [0.3, 0.4) is 0 Å². The predicted octanol–water partition coefficient (Wildman–Crippen LogP) is 3.84. The smallest absolute Gasteiger partial charge is 0.387 e. The van der Waals surface area contributed by atoms with Crippen LogP contribution in [0.25, 0.3) is 22.3 Å². The molecule has 6 nitrogen and oxygen atoms in total. The Morgan fingerprint density at radius 1 is 1.29 bits per heavy atom. The number of nitrogens with zero attached hydrogens (tertiary/aromatic N) is 3. The quantitative estimate of drug-likeness (QED) is 0.638. The molecule has 146 valence electrons. The standard InChI is InChI=1S/C20H20F2N4O2/c21-20(22)28-14-7-5-13(6-8-14)16-10-15(12-3-4-12)19-17(25-16)11-24-26(19)9-1-2-18(23)27/h5-8,10-12,20H,1-4,9H2,(H2,23,27). The van der Waals surface area contributed by atoms with Gasteiger partial charge in [0.2, 0.25) is 5.91 Å². The van der Waals surface area contributed by atoms with E-state index in [1.165, 1.54) is 17.7 Å². The molecule has 1 aromatic carbocycles. The normalized spacial score (nSPS) is 14.0. The fourth-order valence-corrected chi connectivity index (χ4v) is 3.37. The van der Waals surface area contributed by atoms with Gasteiger partial charge in [-0.2, -0.15) is 13.9 Å². The summed E-state index contributed by atoms with van der Waals surface area (Å²) in [7, 11) is 0. The summed E-state index contributed by atoms with van der Waals surface area (Å²) in [5.74, 6) is 0.264. The number of rotatable bonds is 8. The summed E-state index contributed by atoms with van der Waals surface area (Å²) in [5.41, 5.74) is 9.78. The zero-order valence-corrected chi connectivity index (χ0v) is 15.1. The van der Waals surface area contributed by atoms with Crippen molar-refractivity contribution >= 4 is 16.9 Å². The number of alkyl halides is 2. The summed E-state index contributed by atoms with van der Waals surface area (Å²) in [4.78, 5) is 15.7. The highest BCUT2D eigenvalue weighted by Gasteiger charge is 2.28. The number of ether oxygens (including phenoxy) is 1. The number of pyridine rings is 1. The molecule has 0 spiro atoms. The molecule has 1 saturated carbocycles. The number of benzene rings is 1. The maximum absolute atomic E-state index is 12.3. The summed E-state index contributed by atoms with van der Waals surface area (Å²) in [6, 6.07) is 8.52. The summed E-state index contributed by atoms with van der Waals surface area (Å²) >= 11 is 0. The molecule has 1 aliphatic carbocycles. The van der Waals surface area contributed by atoms with Crippen molar-refractivity contribution < 1.29 is 18.3 Å². The molecule has 0 saturated heterocycles. The molecule has 1 fully saturated rings. The highest BCUT2D eigenvalue weighted by Crippen LogP contribution is 2.44. The maximum atomic E-state index is 12.3. The Hall–Kier alpha value is -3.03. The third-order valence-electron chi connectivity index (χ3n) is 4.81. The second-order valence-corrected chi connectivity index (χ2v) is 6.95. The third kappa shape index (κ3) is 3.95. The lowest BCUT2D eigenvalue weighted by Crippen LogP contribution is -2.12. The number of primary amides is 1. The van der Waals surface area contributed by atoms with E-state index in [0.717, 1.165) is 35.1 Å². The van der Waals surface area contributed by atoms with Crippen molar-refractivity contribution in [1.29, 1.82) is 0 Å². The number of amides is 1. The average Bonchev–Trinajstić information content (AvgIpc) is 3.42. The first kappa shape index (κ1) is 18.3. The van der Waals surface area contributed by atoms with Gasteiger partial charge < -0.3 is 10.5 Å². The van der Waals surface area contributed by atoms with E-state index in [4.69, 9.17) is 10.7 Å². The lowest BCUT2D eigenvalue weighted by Gasteiger charge is -2.10. The van der Waals surface area contributed by atoms with E-state index >= 15 is 0 Å². The first-order valence-corrected chi connectivity index (χ1v) is 9.21. The maximum Gasteiger partial charge on any atom is 0.387 e. The highest BCUT2D eigenvalue weighted by molar-refractivity contribution is 5.83. The molecule has 0 aliphatic heterocycles. The molecule has 0 atom stereocenters.